The van der Waals surface area contributed by atoms with Crippen molar-refractivity contribution < 1.29 is 4.74 Å². The van der Waals surface area contributed by atoms with E-state index in [0.29, 0.717) is 12.1 Å². The molecule has 0 heterocycles. The smallest absolute Gasteiger partial charge is 0.119 e. The Morgan fingerprint density at radius 1 is 1.35 bits per heavy atom. The lowest BCUT2D eigenvalue weighted by atomic mass is 9.87. The summed E-state index contributed by atoms with van der Waals surface area (Å²) >= 11 is 0. The average Bonchev–Trinajstić information content (AvgIpc) is 2.47. The number of fused-ring (bicyclic) bond motifs is 1. The Morgan fingerprint density at radius 2 is 2.20 bits per heavy atom. The molecule has 2 heteroatoms. The molecule has 0 aliphatic heterocycles. The number of benzene rings is 1. The van der Waals surface area contributed by atoms with Crippen LogP contribution in [0.1, 0.15) is 69.5 Å². The van der Waals surface area contributed by atoms with Gasteiger partial charge in [0.15, 0.2) is 0 Å². The van der Waals surface area contributed by atoms with Gasteiger partial charge in [0, 0.05) is 12.1 Å². The molecule has 1 N–H and O–H groups in total. The van der Waals surface area contributed by atoms with Crippen LogP contribution in [0.2, 0.25) is 0 Å². The Kier molecular flexibility index (Phi) is 5.90. The summed E-state index contributed by atoms with van der Waals surface area (Å²) < 4.78 is 5.34. The molecule has 0 fully saturated rings. The van der Waals surface area contributed by atoms with Gasteiger partial charge < -0.3 is 10.1 Å². The minimum absolute atomic E-state index is 0.529. The first-order valence-electron chi connectivity index (χ1n) is 8.17. The highest BCUT2D eigenvalue weighted by atomic mass is 16.5. The van der Waals surface area contributed by atoms with Crippen LogP contribution in [0.15, 0.2) is 18.2 Å². The zero-order valence-electron chi connectivity index (χ0n) is 13.2. The van der Waals surface area contributed by atoms with Crippen LogP contribution in [0.3, 0.4) is 0 Å². The van der Waals surface area contributed by atoms with E-state index in [1.54, 1.807) is 7.11 Å². The van der Waals surface area contributed by atoms with E-state index >= 15 is 0 Å². The van der Waals surface area contributed by atoms with Gasteiger partial charge in [-0.25, -0.2) is 0 Å². The largest absolute Gasteiger partial charge is 0.497 e. The van der Waals surface area contributed by atoms with E-state index in [4.69, 9.17) is 4.74 Å². The van der Waals surface area contributed by atoms with Gasteiger partial charge in [0.1, 0.15) is 5.75 Å². The maximum absolute atomic E-state index is 5.34. The van der Waals surface area contributed by atoms with Crippen molar-refractivity contribution in [1.82, 2.24) is 5.32 Å². The molecule has 0 amide bonds. The number of nitrogens with one attached hydrogen (secondary N) is 1. The predicted octanol–water partition coefficient (Wildman–Crippen LogP) is 4.63. The van der Waals surface area contributed by atoms with E-state index in [-0.39, 0.29) is 0 Å². The molecule has 1 aromatic rings. The van der Waals surface area contributed by atoms with Crippen molar-refractivity contribution >= 4 is 0 Å². The van der Waals surface area contributed by atoms with Crippen LogP contribution in [0, 0.1) is 0 Å². The number of hydrogen-bond donors (Lipinski definition) is 1. The van der Waals surface area contributed by atoms with Crippen LogP contribution < -0.4 is 10.1 Å². The molecule has 20 heavy (non-hydrogen) atoms. The second kappa shape index (κ2) is 7.68. The molecule has 2 atom stereocenters. The molecule has 112 valence electrons. The normalized spacial score (nSPS) is 19.4. The van der Waals surface area contributed by atoms with Crippen molar-refractivity contribution in [3.63, 3.8) is 0 Å². The number of methoxy groups -OCH3 is 1. The Morgan fingerprint density at radius 3 is 2.95 bits per heavy atom. The van der Waals surface area contributed by atoms with E-state index in [2.05, 4.69) is 37.4 Å². The molecular formula is C18H29NO. The van der Waals surface area contributed by atoms with Crippen LogP contribution in [-0.4, -0.2) is 13.2 Å². The fourth-order valence-corrected chi connectivity index (χ4v) is 3.22. The lowest BCUT2D eigenvalue weighted by Gasteiger charge is -2.29. The maximum atomic E-state index is 5.34. The van der Waals surface area contributed by atoms with Crippen molar-refractivity contribution in [3.8, 4) is 5.75 Å². The van der Waals surface area contributed by atoms with Crippen LogP contribution in [0.5, 0.6) is 5.75 Å². The van der Waals surface area contributed by atoms with Gasteiger partial charge in [-0.15, -0.1) is 0 Å². The molecule has 1 aromatic carbocycles. The van der Waals surface area contributed by atoms with Gasteiger partial charge in [-0.2, -0.15) is 0 Å². The molecular weight excluding hydrogens is 246 g/mol. The Balaban J connectivity index is 1.97. The fraction of sp³-hybridized carbons (Fsp3) is 0.667. The first-order valence-corrected chi connectivity index (χ1v) is 8.17. The van der Waals surface area contributed by atoms with E-state index in [9.17, 15) is 0 Å². The molecule has 2 rings (SSSR count). The van der Waals surface area contributed by atoms with Crippen LogP contribution in [0.25, 0.3) is 0 Å². The summed E-state index contributed by atoms with van der Waals surface area (Å²) in [6, 6.07) is 7.70. The van der Waals surface area contributed by atoms with Crippen molar-refractivity contribution in [3.05, 3.63) is 29.3 Å². The number of aryl methyl sites for hydroxylation is 1. The summed E-state index contributed by atoms with van der Waals surface area (Å²) in [6.45, 7) is 4.59. The summed E-state index contributed by atoms with van der Waals surface area (Å²) in [5.74, 6) is 0.986. The Bertz CT molecular complexity index is 416. The minimum atomic E-state index is 0.529. The van der Waals surface area contributed by atoms with Gasteiger partial charge in [0.25, 0.3) is 0 Å². The molecule has 0 saturated heterocycles. The molecule has 0 aromatic heterocycles. The van der Waals surface area contributed by atoms with E-state index in [1.807, 2.05) is 0 Å². The van der Waals surface area contributed by atoms with Gasteiger partial charge >= 0.3 is 0 Å². The number of ether oxygens (including phenoxy) is 1. The third kappa shape index (κ3) is 3.99. The zero-order valence-corrected chi connectivity index (χ0v) is 13.2. The van der Waals surface area contributed by atoms with Crippen LogP contribution in [0.4, 0.5) is 0 Å². The molecule has 1 aliphatic rings. The molecule has 0 spiro atoms. The summed E-state index contributed by atoms with van der Waals surface area (Å²) in [5.41, 5.74) is 2.95. The van der Waals surface area contributed by atoms with Gasteiger partial charge in [-0.1, -0.05) is 32.3 Å². The zero-order chi connectivity index (χ0) is 14.4. The van der Waals surface area contributed by atoms with Crippen molar-refractivity contribution in [2.75, 3.05) is 7.11 Å². The third-order valence-electron chi connectivity index (χ3n) is 4.39. The summed E-state index contributed by atoms with van der Waals surface area (Å²) in [7, 11) is 1.75. The second-order valence-corrected chi connectivity index (χ2v) is 6.07. The van der Waals surface area contributed by atoms with Crippen molar-refractivity contribution in [2.24, 2.45) is 0 Å². The first kappa shape index (κ1) is 15.4. The SMILES string of the molecule is CCCCCC(C)NC1CCCc2cc(OC)ccc21. The first-order chi connectivity index (χ1) is 9.74. The summed E-state index contributed by atoms with van der Waals surface area (Å²) in [5, 5.41) is 3.83. The molecule has 0 radical (unpaired) electrons. The van der Waals surface area contributed by atoms with Crippen molar-refractivity contribution in [2.45, 2.75) is 70.9 Å². The van der Waals surface area contributed by atoms with Crippen LogP contribution in [-0.2, 0) is 6.42 Å². The summed E-state index contributed by atoms with van der Waals surface area (Å²) in [4.78, 5) is 0. The van der Waals surface area contributed by atoms with Crippen LogP contribution >= 0.6 is 0 Å². The summed E-state index contributed by atoms with van der Waals surface area (Å²) in [6.07, 6.45) is 9.01. The van der Waals surface area contributed by atoms with E-state index in [0.717, 1.165) is 5.75 Å². The highest BCUT2D eigenvalue weighted by Gasteiger charge is 2.21. The average molecular weight is 275 g/mol. The number of rotatable bonds is 7. The number of unbranched alkanes of at least 4 members (excludes halogenated alkanes) is 2. The fourth-order valence-electron chi connectivity index (χ4n) is 3.22. The third-order valence-corrected chi connectivity index (χ3v) is 4.39. The highest BCUT2D eigenvalue weighted by Crippen LogP contribution is 2.32. The minimum Gasteiger partial charge on any atom is -0.497 e. The van der Waals surface area contributed by atoms with Gasteiger partial charge in [-0.05, 0) is 55.9 Å². The van der Waals surface area contributed by atoms with E-state index in [1.165, 1.54) is 56.1 Å². The van der Waals surface area contributed by atoms with E-state index < -0.39 is 0 Å². The topological polar surface area (TPSA) is 21.3 Å². The second-order valence-electron chi connectivity index (χ2n) is 6.07. The monoisotopic (exact) mass is 275 g/mol. The lowest BCUT2D eigenvalue weighted by Crippen LogP contribution is -2.32. The quantitative estimate of drug-likeness (QED) is 0.732. The van der Waals surface area contributed by atoms with Crippen molar-refractivity contribution in [1.29, 1.82) is 0 Å². The molecule has 0 bridgehead atoms. The predicted molar refractivity (Wildman–Crippen MR) is 85.4 cm³/mol. The standard InChI is InChI=1S/C18H29NO/c1-4-5-6-8-14(2)19-18-10-7-9-15-13-16(20-3)11-12-17(15)18/h11-14,18-19H,4-10H2,1-3H3. The Hall–Kier alpha value is -1.02. The highest BCUT2D eigenvalue weighted by molar-refractivity contribution is 5.39. The van der Waals surface area contributed by atoms with Gasteiger partial charge in [-0.3, -0.25) is 0 Å². The van der Waals surface area contributed by atoms with Gasteiger partial charge in [0.05, 0.1) is 7.11 Å². The lowest BCUT2D eigenvalue weighted by molar-refractivity contribution is 0.384. The maximum Gasteiger partial charge on any atom is 0.119 e. The molecule has 2 nitrogen and oxygen atoms in total. The molecule has 0 saturated carbocycles. The number of hydrogen-bond acceptors (Lipinski definition) is 2. The molecule has 1 aliphatic carbocycles. The Labute approximate surface area is 123 Å². The van der Waals surface area contributed by atoms with Gasteiger partial charge in [0.2, 0.25) is 0 Å². The molecule has 2 unspecified atom stereocenters.